The molecule has 5 nitrogen and oxygen atoms in total. The Morgan fingerprint density at radius 2 is 1.62 bits per heavy atom. The largest absolute Gasteiger partial charge is 0.394 e. The lowest BCUT2D eigenvalue weighted by molar-refractivity contribution is -0.139. The summed E-state index contributed by atoms with van der Waals surface area (Å²) in [4.78, 5) is 29.5. The molecule has 3 atom stereocenters. The normalized spacial score (nSPS) is 23.8. The van der Waals surface area contributed by atoms with Crippen molar-refractivity contribution in [2.75, 3.05) is 20.2 Å². The average molecular weight is 392 g/mol. The Hall–Kier alpha value is -2.66. The van der Waals surface area contributed by atoms with Gasteiger partial charge in [-0.1, -0.05) is 55.0 Å². The van der Waals surface area contributed by atoms with Crippen molar-refractivity contribution in [2.24, 2.45) is 5.92 Å². The number of hydrogen-bond donors (Lipinski definition) is 1. The summed E-state index contributed by atoms with van der Waals surface area (Å²) in [7, 11) is 1.83. The van der Waals surface area contributed by atoms with Gasteiger partial charge in [-0.05, 0) is 30.5 Å². The molecule has 1 saturated heterocycles. The maximum absolute atomic E-state index is 13.2. The number of likely N-dealkylation sites (N-methyl/N-ethyl adjacent to an activating group) is 1. The molecule has 0 bridgehead atoms. The molecule has 2 amide bonds. The SMILES string of the molecule is CN(C[C@@H]1[C@@H](c2ccccc2)[C@H](CO)N1C(=O)c1ccccc1)C(=O)C1CCC1. The minimum absolute atomic E-state index is 0.00510. The Kier molecular flexibility index (Phi) is 5.67. The molecule has 29 heavy (non-hydrogen) atoms. The summed E-state index contributed by atoms with van der Waals surface area (Å²) in [6, 6.07) is 18.7. The van der Waals surface area contributed by atoms with Crippen LogP contribution in [0.5, 0.6) is 0 Å². The first-order valence-electron chi connectivity index (χ1n) is 10.4. The summed E-state index contributed by atoms with van der Waals surface area (Å²) in [6.07, 6.45) is 3.04. The summed E-state index contributed by atoms with van der Waals surface area (Å²) in [6.45, 7) is 0.374. The van der Waals surface area contributed by atoms with E-state index in [1.807, 2.05) is 55.6 Å². The van der Waals surface area contributed by atoms with Gasteiger partial charge in [0.2, 0.25) is 5.91 Å². The first-order chi connectivity index (χ1) is 14.1. The van der Waals surface area contributed by atoms with E-state index in [2.05, 4.69) is 0 Å². The minimum atomic E-state index is -0.290. The highest BCUT2D eigenvalue weighted by molar-refractivity contribution is 5.95. The van der Waals surface area contributed by atoms with E-state index < -0.39 is 0 Å². The van der Waals surface area contributed by atoms with Gasteiger partial charge >= 0.3 is 0 Å². The van der Waals surface area contributed by atoms with E-state index in [1.165, 1.54) is 0 Å². The lowest BCUT2D eigenvalue weighted by Gasteiger charge is -2.56. The Labute approximate surface area is 171 Å². The quantitative estimate of drug-likeness (QED) is 0.822. The van der Waals surface area contributed by atoms with Gasteiger partial charge in [-0.15, -0.1) is 0 Å². The summed E-state index contributed by atoms with van der Waals surface area (Å²) in [5, 5.41) is 10.1. The zero-order valence-electron chi connectivity index (χ0n) is 16.8. The number of likely N-dealkylation sites (tertiary alicyclic amines) is 1. The van der Waals surface area contributed by atoms with E-state index in [4.69, 9.17) is 0 Å². The Morgan fingerprint density at radius 1 is 1.00 bits per heavy atom. The Balaban J connectivity index is 1.61. The van der Waals surface area contributed by atoms with Gasteiger partial charge in [-0.3, -0.25) is 9.59 Å². The van der Waals surface area contributed by atoms with E-state index in [0.29, 0.717) is 12.1 Å². The number of carbonyl (C=O) groups excluding carboxylic acids is 2. The Bertz CT molecular complexity index is 851. The second-order valence-electron chi connectivity index (χ2n) is 8.18. The highest BCUT2D eigenvalue weighted by atomic mass is 16.3. The van der Waals surface area contributed by atoms with Crippen molar-refractivity contribution in [2.45, 2.75) is 37.3 Å². The molecule has 1 saturated carbocycles. The maximum atomic E-state index is 13.2. The first kappa shape index (κ1) is 19.6. The molecule has 0 unspecified atom stereocenters. The number of benzene rings is 2. The molecule has 5 heteroatoms. The van der Waals surface area contributed by atoms with Gasteiger partial charge in [0.25, 0.3) is 5.91 Å². The first-order valence-corrected chi connectivity index (χ1v) is 10.4. The standard InChI is InChI=1S/C24H28N2O3/c1-25(23(28)18-13-8-14-18)15-20-22(17-9-4-2-5-10-17)21(16-27)26(20)24(29)19-11-6-3-7-12-19/h2-7,9-12,18,20-22,27H,8,13-16H2,1H3/t20-,21+,22-/m1/s1. The molecule has 0 radical (unpaired) electrons. The lowest BCUT2D eigenvalue weighted by atomic mass is 9.74. The van der Waals surface area contributed by atoms with Crippen LogP contribution in [-0.2, 0) is 4.79 Å². The molecule has 1 heterocycles. The predicted octanol–water partition coefficient (Wildman–Crippen LogP) is 2.91. The zero-order valence-corrected chi connectivity index (χ0v) is 16.8. The van der Waals surface area contributed by atoms with Gasteiger partial charge in [-0.2, -0.15) is 0 Å². The monoisotopic (exact) mass is 392 g/mol. The van der Waals surface area contributed by atoms with Crippen LogP contribution in [0.25, 0.3) is 0 Å². The molecule has 2 aromatic rings. The molecular formula is C24H28N2O3. The van der Waals surface area contributed by atoms with Crippen LogP contribution >= 0.6 is 0 Å². The third kappa shape index (κ3) is 3.67. The van der Waals surface area contributed by atoms with Crippen molar-refractivity contribution in [3.05, 3.63) is 71.8 Å². The van der Waals surface area contributed by atoms with E-state index in [9.17, 15) is 14.7 Å². The number of rotatable bonds is 6. The fraction of sp³-hybridized carbons (Fsp3) is 0.417. The molecule has 0 spiro atoms. The van der Waals surface area contributed by atoms with Crippen molar-refractivity contribution in [1.82, 2.24) is 9.80 Å². The third-order valence-corrected chi connectivity index (χ3v) is 6.46. The molecule has 2 fully saturated rings. The van der Waals surface area contributed by atoms with Gasteiger partial charge in [-0.25, -0.2) is 0 Å². The van der Waals surface area contributed by atoms with Gasteiger partial charge in [0.05, 0.1) is 18.7 Å². The molecular weight excluding hydrogens is 364 g/mol. The van der Waals surface area contributed by atoms with Crippen LogP contribution in [0.15, 0.2) is 60.7 Å². The number of hydrogen-bond acceptors (Lipinski definition) is 3. The van der Waals surface area contributed by atoms with Crippen molar-refractivity contribution in [3.8, 4) is 0 Å². The van der Waals surface area contributed by atoms with E-state index >= 15 is 0 Å². The van der Waals surface area contributed by atoms with Gasteiger partial charge in [0.1, 0.15) is 0 Å². The van der Waals surface area contributed by atoms with Crippen molar-refractivity contribution < 1.29 is 14.7 Å². The Morgan fingerprint density at radius 3 is 2.17 bits per heavy atom. The molecule has 4 rings (SSSR count). The topological polar surface area (TPSA) is 60.9 Å². The molecule has 1 aliphatic heterocycles. The predicted molar refractivity (Wildman–Crippen MR) is 111 cm³/mol. The molecule has 1 N–H and O–H groups in total. The number of nitrogens with zero attached hydrogens (tertiary/aromatic N) is 2. The van der Waals surface area contributed by atoms with Crippen molar-refractivity contribution >= 4 is 11.8 Å². The maximum Gasteiger partial charge on any atom is 0.254 e. The highest BCUT2D eigenvalue weighted by Gasteiger charge is 2.52. The van der Waals surface area contributed by atoms with Crippen molar-refractivity contribution in [1.29, 1.82) is 0 Å². The molecule has 152 valence electrons. The van der Waals surface area contributed by atoms with Crippen LogP contribution in [0, 0.1) is 5.92 Å². The number of aliphatic hydroxyl groups excluding tert-OH is 1. The fourth-order valence-electron chi connectivity index (χ4n) is 4.64. The number of carbonyl (C=O) groups is 2. The van der Waals surface area contributed by atoms with E-state index in [1.54, 1.807) is 21.9 Å². The van der Waals surface area contributed by atoms with E-state index in [0.717, 1.165) is 24.8 Å². The van der Waals surface area contributed by atoms with Crippen LogP contribution in [0.1, 0.15) is 41.1 Å². The van der Waals surface area contributed by atoms with Crippen LogP contribution in [-0.4, -0.2) is 59.0 Å². The summed E-state index contributed by atoms with van der Waals surface area (Å²) < 4.78 is 0. The zero-order chi connectivity index (χ0) is 20.4. The van der Waals surface area contributed by atoms with Crippen LogP contribution in [0.2, 0.25) is 0 Å². The molecule has 2 aromatic carbocycles. The smallest absolute Gasteiger partial charge is 0.254 e. The lowest BCUT2D eigenvalue weighted by Crippen LogP contribution is -2.68. The summed E-state index contributed by atoms with van der Waals surface area (Å²) in [5.74, 6) is 0.210. The molecule has 1 aliphatic carbocycles. The molecule has 2 aliphatic rings. The van der Waals surface area contributed by atoms with Crippen LogP contribution in [0.4, 0.5) is 0 Å². The summed E-state index contributed by atoms with van der Waals surface area (Å²) >= 11 is 0. The average Bonchev–Trinajstić information content (AvgIpc) is 2.70. The van der Waals surface area contributed by atoms with Crippen molar-refractivity contribution in [3.63, 3.8) is 0 Å². The highest BCUT2D eigenvalue weighted by Crippen LogP contribution is 2.42. The summed E-state index contributed by atoms with van der Waals surface area (Å²) in [5.41, 5.74) is 1.70. The second-order valence-corrected chi connectivity index (χ2v) is 8.18. The van der Waals surface area contributed by atoms with Crippen LogP contribution < -0.4 is 0 Å². The van der Waals surface area contributed by atoms with Gasteiger partial charge in [0, 0.05) is 31.0 Å². The number of aliphatic hydroxyl groups is 1. The number of amides is 2. The van der Waals surface area contributed by atoms with Gasteiger partial charge < -0.3 is 14.9 Å². The van der Waals surface area contributed by atoms with Crippen LogP contribution in [0.3, 0.4) is 0 Å². The second kappa shape index (κ2) is 8.37. The fourth-order valence-corrected chi connectivity index (χ4v) is 4.64. The van der Waals surface area contributed by atoms with E-state index in [-0.39, 0.29) is 42.3 Å². The molecule has 0 aromatic heterocycles. The minimum Gasteiger partial charge on any atom is -0.394 e. The third-order valence-electron chi connectivity index (χ3n) is 6.46. The van der Waals surface area contributed by atoms with Gasteiger partial charge in [0.15, 0.2) is 0 Å².